The first kappa shape index (κ1) is 13.7. The summed E-state index contributed by atoms with van der Waals surface area (Å²) in [5.41, 5.74) is 0. The SMILES string of the molecule is c1ccc(OP(Oc2ccccc2)c2ccccc2)cc1. The monoisotopic (exact) mass is 294 g/mol. The maximum atomic E-state index is 6.05. The topological polar surface area (TPSA) is 18.5 Å². The van der Waals surface area contributed by atoms with Crippen molar-refractivity contribution in [2.45, 2.75) is 0 Å². The number of rotatable bonds is 5. The third-order valence-electron chi connectivity index (χ3n) is 2.83. The van der Waals surface area contributed by atoms with E-state index in [1.54, 1.807) is 0 Å². The summed E-state index contributed by atoms with van der Waals surface area (Å²) in [6.07, 6.45) is 0. The Kier molecular flexibility index (Phi) is 4.50. The Morgan fingerprint density at radius 3 is 1.29 bits per heavy atom. The fourth-order valence-corrected chi connectivity index (χ4v) is 3.12. The number of benzene rings is 3. The lowest BCUT2D eigenvalue weighted by Crippen LogP contribution is -2.09. The zero-order chi connectivity index (χ0) is 14.3. The van der Waals surface area contributed by atoms with Gasteiger partial charge in [-0.15, -0.1) is 0 Å². The lowest BCUT2D eigenvalue weighted by Gasteiger charge is -2.18. The van der Waals surface area contributed by atoms with Gasteiger partial charge < -0.3 is 9.05 Å². The van der Waals surface area contributed by atoms with Gasteiger partial charge in [0.05, 0.1) is 5.30 Å². The molecule has 0 aliphatic carbocycles. The maximum absolute atomic E-state index is 6.05. The van der Waals surface area contributed by atoms with Crippen molar-refractivity contribution in [3.8, 4) is 11.5 Å². The summed E-state index contributed by atoms with van der Waals surface area (Å²) in [7, 11) is -1.21. The molecule has 0 spiro atoms. The first-order valence-corrected chi connectivity index (χ1v) is 7.91. The van der Waals surface area contributed by atoms with Gasteiger partial charge in [0.2, 0.25) is 0 Å². The molecule has 3 rings (SSSR count). The van der Waals surface area contributed by atoms with Crippen molar-refractivity contribution in [2.24, 2.45) is 0 Å². The van der Waals surface area contributed by atoms with Crippen LogP contribution in [0, 0.1) is 0 Å². The number of para-hydroxylation sites is 2. The Morgan fingerprint density at radius 2 is 0.857 bits per heavy atom. The molecule has 21 heavy (non-hydrogen) atoms. The average Bonchev–Trinajstić information content (AvgIpc) is 2.57. The van der Waals surface area contributed by atoms with E-state index in [2.05, 4.69) is 0 Å². The molecular weight excluding hydrogens is 279 g/mol. The molecule has 0 saturated carbocycles. The van der Waals surface area contributed by atoms with Crippen LogP contribution in [0.4, 0.5) is 0 Å². The predicted molar refractivity (Wildman–Crippen MR) is 87.1 cm³/mol. The molecule has 0 radical (unpaired) electrons. The zero-order valence-corrected chi connectivity index (χ0v) is 12.3. The van der Waals surface area contributed by atoms with E-state index in [1.165, 1.54) is 0 Å². The minimum Gasteiger partial charge on any atom is -0.435 e. The first-order chi connectivity index (χ1) is 10.4. The van der Waals surface area contributed by atoms with E-state index in [4.69, 9.17) is 9.05 Å². The fourth-order valence-electron chi connectivity index (χ4n) is 1.83. The predicted octanol–water partition coefficient (Wildman–Crippen LogP) is 4.78. The van der Waals surface area contributed by atoms with Crippen molar-refractivity contribution in [1.82, 2.24) is 0 Å². The third kappa shape index (κ3) is 3.84. The maximum Gasteiger partial charge on any atom is 0.326 e. The lowest BCUT2D eigenvalue weighted by atomic mass is 10.3. The molecule has 0 heterocycles. The summed E-state index contributed by atoms with van der Waals surface area (Å²) in [5.74, 6) is 1.62. The van der Waals surface area contributed by atoms with Crippen LogP contribution >= 0.6 is 8.38 Å². The molecule has 0 aromatic heterocycles. The third-order valence-corrected chi connectivity index (χ3v) is 4.30. The second kappa shape index (κ2) is 6.92. The summed E-state index contributed by atoms with van der Waals surface area (Å²) in [6.45, 7) is 0. The highest BCUT2D eigenvalue weighted by atomic mass is 31.2. The summed E-state index contributed by atoms with van der Waals surface area (Å²) < 4.78 is 12.1. The molecule has 0 aliphatic rings. The average molecular weight is 294 g/mol. The Hall–Kier alpha value is -2.31. The molecule has 3 heteroatoms. The highest BCUT2D eigenvalue weighted by Gasteiger charge is 2.17. The molecule has 0 amide bonds. The van der Waals surface area contributed by atoms with Gasteiger partial charge in [0.1, 0.15) is 11.5 Å². The van der Waals surface area contributed by atoms with Crippen LogP contribution in [-0.2, 0) is 0 Å². The second-order valence-electron chi connectivity index (χ2n) is 4.40. The van der Waals surface area contributed by atoms with E-state index in [-0.39, 0.29) is 0 Å². The van der Waals surface area contributed by atoms with Crippen LogP contribution in [0.25, 0.3) is 0 Å². The van der Waals surface area contributed by atoms with E-state index in [0.717, 1.165) is 16.8 Å². The molecule has 2 nitrogen and oxygen atoms in total. The van der Waals surface area contributed by atoms with E-state index < -0.39 is 8.38 Å². The Morgan fingerprint density at radius 1 is 0.476 bits per heavy atom. The van der Waals surface area contributed by atoms with E-state index >= 15 is 0 Å². The Labute approximate surface area is 125 Å². The summed E-state index contributed by atoms with van der Waals surface area (Å²) in [5, 5.41) is 1.04. The Bertz CT molecular complexity index is 615. The summed E-state index contributed by atoms with van der Waals surface area (Å²) >= 11 is 0. The number of hydrogen-bond acceptors (Lipinski definition) is 2. The van der Waals surface area contributed by atoms with Gasteiger partial charge >= 0.3 is 8.38 Å². The molecule has 104 valence electrons. The Balaban J connectivity index is 1.84. The van der Waals surface area contributed by atoms with Gasteiger partial charge in [-0.05, 0) is 36.4 Å². The zero-order valence-electron chi connectivity index (χ0n) is 11.4. The van der Waals surface area contributed by atoms with Crippen LogP contribution in [0.2, 0.25) is 0 Å². The molecule has 0 atom stereocenters. The molecule has 3 aromatic carbocycles. The molecule has 3 aromatic rings. The van der Waals surface area contributed by atoms with E-state index in [0.29, 0.717) is 0 Å². The van der Waals surface area contributed by atoms with Gasteiger partial charge in [-0.2, -0.15) is 0 Å². The van der Waals surface area contributed by atoms with Crippen molar-refractivity contribution >= 4 is 13.7 Å². The lowest BCUT2D eigenvalue weighted by molar-refractivity contribution is 0.502. The molecule has 0 aliphatic heterocycles. The minimum absolute atomic E-state index is 0.809. The quantitative estimate of drug-likeness (QED) is 0.630. The first-order valence-electron chi connectivity index (χ1n) is 6.73. The van der Waals surface area contributed by atoms with Gasteiger partial charge in [0.25, 0.3) is 0 Å². The van der Waals surface area contributed by atoms with Crippen LogP contribution in [0.15, 0.2) is 91.0 Å². The van der Waals surface area contributed by atoms with Gasteiger partial charge in [-0.25, -0.2) is 0 Å². The molecule has 0 saturated heterocycles. The molecule has 0 unspecified atom stereocenters. The molecule has 0 N–H and O–H groups in total. The highest BCUT2D eigenvalue weighted by Crippen LogP contribution is 2.39. The minimum atomic E-state index is -1.21. The van der Waals surface area contributed by atoms with Crippen molar-refractivity contribution in [3.05, 3.63) is 91.0 Å². The van der Waals surface area contributed by atoms with Crippen molar-refractivity contribution in [1.29, 1.82) is 0 Å². The fraction of sp³-hybridized carbons (Fsp3) is 0. The van der Waals surface area contributed by atoms with Gasteiger partial charge in [0, 0.05) is 0 Å². The normalized spacial score (nSPS) is 10.3. The van der Waals surface area contributed by atoms with Crippen LogP contribution in [0.5, 0.6) is 11.5 Å². The molecular formula is C18H15O2P. The molecule has 0 fully saturated rings. The van der Waals surface area contributed by atoms with Crippen molar-refractivity contribution in [3.63, 3.8) is 0 Å². The smallest absolute Gasteiger partial charge is 0.326 e. The van der Waals surface area contributed by atoms with Crippen LogP contribution in [-0.4, -0.2) is 0 Å². The van der Waals surface area contributed by atoms with Crippen LogP contribution in [0.1, 0.15) is 0 Å². The standard InChI is InChI=1S/C18H15O2P/c1-4-10-16(11-5-1)19-21(18-14-8-3-9-15-18)20-17-12-6-2-7-13-17/h1-15H. The number of hydrogen-bond donors (Lipinski definition) is 0. The van der Waals surface area contributed by atoms with Gasteiger partial charge in [0.15, 0.2) is 0 Å². The van der Waals surface area contributed by atoms with Gasteiger partial charge in [-0.1, -0.05) is 54.6 Å². The summed E-state index contributed by atoms with van der Waals surface area (Å²) in [4.78, 5) is 0. The largest absolute Gasteiger partial charge is 0.435 e. The van der Waals surface area contributed by atoms with Crippen molar-refractivity contribution < 1.29 is 9.05 Å². The van der Waals surface area contributed by atoms with E-state index in [9.17, 15) is 0 Å². The van der Waals surface area contributed by atoms with Crippen LogP contribution < -0.4 is 14.4 Å². The van der Waals surface area contributed by atoms with Crippen molar-refractivity contribution in [2.75, 3.05) is 0 Å². The van der Waals surface area contributed by atoms with E-state index in [1.807, 2.05) is 91.0 Å². The summed E-state index contributed by atoms with van der Waals surface area (Å²) in [6, 6.07) is 29.5. The van der Waals surface area contributed by atoms with Crippen LogP contribution in [0.3, 0.4) is 0 Å². The second-order valence-corrected chi connectivity index (χ2v) is 5.80. The molecule has 0 bridgehead atoms. The van der Waals surface area contributed by atoms with Gasteiger partial charge in [-0.3, -0.25) is 0 Å². The highest BCUT2D eigenvalue weighted by molar-refractivity contribution is 7.56.